The number of piperidine rings is 1. The fourth-order valence-electron chi connectivity index (χ4n) is 3.76. The lowest BCUT2D eigenvalue weighted by atomic mass is 10.1. The fraction of sp³-hybridized carbons (Fsp3) is 0.300. The highest BCUT2D eigenvalue weighted by molar-refractivity contribution is 6.04. The van der Waals surface area contributed by atoms with Gasteiger partial charge in [-0.3, -0.25) is 4.79 Å². The molecule has 9 heteroatoms. The Labute approximate surface area is 166 Å². The molecule has 1 aliphatic rings. The van der Waals surface area contributed by atoms with Crippen LogP contribution >= 0.6 is 0 Å². The number of benzene rings is 1. The van der Waals surface area contributed by atoms with Crippen molar-refractivity contribution >= 4 is 22.6 Å². The van der Waals surface area contributed by atoms with E-state index in [0.717, 1.165) is 42.7 Å². The number of furan rings is 1. The van der Waals surface area contributed by atoms with Crippen LogP contribution in [-0.4, -0.2) is 44.0 Å². The third-order valence-corrected chi connectivity index (χ3v) is 5.29. The maximum absolute atomic E-state index is 12.8. The third-order valence-electron chi connectivity index (χ3n) is 5.29. The number of rotatable bonds is 4. The number of amides is 1. The molecular weight excluding hydrogens is 370 g/mol. The molecule has 0 spiro atoms. The van der Waals surface area contributed by atoms with Crippen LogP contribution in [0.5, 0.6) is 0 Å². The molecule has 9 nitrogen and oxygen atoms in total. The van der Waals surface area contributed by atoms with Crippen molar-refractivity contribution in [1.82, 2.24) is 30.3 Å². The normalized spacial score (nSPS) is 15.1. The topological polar surface area (TPSA) is 114 Å². The Morgan fingerprint density at radius 1 is 1.28 bits per heavy atom. The summed E-state index contributed by atoms with van der Waals surface area (Å²) in [4.78, 5) is 20.5. The molecule has 4 aromatic rings. The zero-order valence-electron chi connectivity index (χ0n) is 16.0. The smallest absolute Gasteiger partial charge is 0.278 e. The summed E-state index contributed by atoms with van der Waals surface area (Å²) in [7, 11) is 0. The molecule has 0 radical (unpaired) electrons. The maximum Gasteiger partial charge on any atom is 0.278 e. The van der Waals surface area contributed by atoms with E-state index in [1.54, 1.807) is 6.26 Å². The van der Waals surface area contributed by atoms with Gasteiger partial charge < -0.3 is 20.0 Å². The number of anilines is 1. The molecule has 3 N–H and O–H groups in total. The van der Waals surface area contributed by atoms with Gasteiger partial charge in [0.25, 0.3) is 5.91 Å². The van der Waals surface area contributed by atoms with E-state index in [1.165, 1.54) is 0 Å². The number of aromatic amines is 1. The summed E-state index contributed by atoms with van der Waals surface area (Å²) in [6.07, 6.45) is 3.58. The van der Waals surface area contributed by atoms with Gasteiger partial charge in [-0.05, 0) is 63.2 Å². The summed E-state index contributed by atoms with van der Waals surface area (Å²) < 4.78 is 7.26. The van der Waals surface area contributed by atoms with Gasteiger partial charge in [0.1, 0.15) is 0 Å². The molecule has 1 fully saturated rings. The summed E-state index contributed by atoms with van der Waals surface area (Å²) in [5, 5.41) is 14.6. The van der Waals surface area contributed by atoms with E-state index in [-0.39, 0.29) is 11.9 Å². The molecule has 1 amide bonds. The molecular formula is C20H21N7O2. The average molecular weight is 391 g/mol. The highest BCUT2D eigenvalue weighted by atomic mass is 16.3. The van der Waals surface area contributed by atoms with Crippen LogP contribution in [0.4, 0.5) is 5.69 Å². The molecule has 5 rings (SSSR count). The van der Waals surface area contributed by atoms with Crippen LogP contribution in [0.2, 0.25) is 0 Å². The summed E-state index contributed by atoms with van der Waals surface area (Å²) in [6, 6.07) is 9.46. The number of nitrogens with zero attached hydrogens (tertiary/aromatic N) is 4. The molecule has 1 saturated heterocycles. The van der Waals surface area contributed by atoms with E-state index < -0.39 is 0 Å². The van der Waals surface area contributed by atoms with Gasteiger partial charge in [0.15, 0.2) is 17.3 Å². The molecule has 0 unspecified atom stereocenters. The summed E-state index contributed by atoms with van der Waals surface area (Å²) >= 11 is 0. The number of carbonyl (C=O) groups excluding carboxylic acids is 1. The quantitative estimate of drug-likeness (QED) is 0.493. The number of imidazole rings is 1. The minimum atomic E-state index is -0.271. The van der Waals surface area contributed by atoms with Crippen LogP contribution in [0, 0.1) is 6.92 Å². The van der Waals surface area contributed by atoms with Crippen LogP contribution in [-0.2, 0) is 0 Å². The van der Waals surface area contributed by atoms with E-state index in [0.29, 0.717) is 23.0 Å². The van der Waals surface area contributed by atoms with Gasteiger partial charge in [0.2, 0.25) is 0 Å². The maximum atomic E-state index is 12.8. The Morgan fingerprint density at radius 2 is 2.14 bits per heavy atom. The predicted octanol–water partition coefficient (Wildman–Crippen LogP) is 2.90. The highest BCUT2D eigenvalue weighted by Crippen LogP contribution is 2.24. The van der Waals surface area contributed by atoms with Gasteiger partial charge in [-0.15, -0.1) is 5.10 Å². The monoisotopic (exact) mass is 391 g/mol. The minimum absolute atomic E-state index is 0.271. The number of carbonyl (C=O) groups is 1. The van der Waals surface area contributed by atoms with E-state index in [4.69, 9.17) is 4.42 Å². The first-order chi connectivity index (χ1) is 14.2. The van der Waals surface area contributed by atoms with Crippen molar-refractivity contribution in [3.63, 3.8) is 0 Å². The summed E-state index contributed by atoms with van der Waals surface area (Å²) in [6.45, 7) is 3.80. The van der Waals surface area contributed by atoms with Crippen molar-refractivity contribution in [2.75, 3.05) is 18.4 Å². The first-order valence-corrected chi connectivity index (χ1v) is 9.66. The first kappa shape index (κ1) is 17.6. The fourth-order valence-corrected chi connectivity index (χ4v) is 3.76. The summed E-state index contributed by atoms with van der Waals surface area (Å²) in [5.74, 6) is 1.04. The number of nitrogens with one attached hydrogen (secondary N) is 3. The Hall–Kier alpha value is -3.46. The van der Waals surface area contributed by atoms with E-state index in [1.807, 2.05) is 41.9 Å². The SMILES string of the molecule is Cc1c(C(=O)Nc2ccc3nc(-c4ccco4)[nH]c3c2)nnn1C1CCNCC1. The van der Waals surface area contributed by atoms with Crippen LogP contribution in [0.25, 0.3) is 22.6 Å². The van der Waals surface area contributed by atoms with Crippen molar-refractivity contribution in [3.8, 4) is 11.6 Å². The van der Waals surface area contributed by atoms with Gasteiger partial charge in [0, 0.05) is 5.69 Å². The van der Waals surface area contributed by atoms with Crippen molar-refractivity contribution in [2.24, 2.45) is 0 Å². The number of aromatic nitrogens is 5. The van der Waals surface area contributed by atoms with Gasteiger partial charge in [-0.1, -0.05) is 5.21 Å². The number of hydrogen-bond acceptors (Lipinski definition) is 6. The Kier molecular flexibility index (Phi) is 4.36. The van der Waals surface area contributed by atoms with Gasteiger partial charge in [-0.25, -0.2) is 9.67 Å². The minimum Gasteiger partial charge on any atom is -0.461 e. The number of fused-ring (bicyclic) bond motifs is 1. The zero-order valence-corrected chi connectivity index (χ0v) is 16.0. The lowest BCUT2D eigenvalue weighted by Gasteiger charge is -2.23. The molecule has 1 aliphatic heterocycles. The lowest BCUT2D eigenvalue weighted by molar-refractivity contribution is 0.102. The van der Waals surface area contributed by atoms with Crippen molar-refractivity contribution in [2.45, 2.75) is 25.8 Å². The van der Waals surface area contributed by atoms with Gasteiger partial charge >= 0.3 is 0 Å². The number of H-pyrrole nitrogens is 1. The standard InChI is InChI=1S/C20H21N7O2/c1-12-18(25-26-27(12)14-6-8-21-9-7-14)20(28)22-13-4-5-15-16(11-13)24-19(23-15)17-3-2-10-29-17/h2-5,10-11,14,21H,6-9H2,1H3,(H,22,28)(H,23,24). The van der Waals surface area contributed by atoms with Crippen molar-refractivity contribution in [3.05, 3.63) is 48.0 Å². The van der Waals surface area contributed by atoms with Crippen molar-refractivity contribution < 1.29 is 9.21 Å². The third kappa shape index (κ3) is 3.29. The average Bonchev–Trinajstić information content (AvgIpc) is 3.47. The molecule has 148 valence electrons. The molecule has 0 saturated carbocycles. The second-order valence-electron chi connectivity index (χ2n) is 7.20. The largest absolute Gasteiger partial charge is 0.461 e. The molecule has 4 heterocycles. The predicted molar refractivity (Wildman–Crippen MR) is 108 cm³/mol. The Balaban J connectivity index is 1.36. The Bertz CT molecular complexity index is 1150. The van der Waals surface area contributed by atoms with E-state index >= 15 is 0 Å². The molecule has 0 bridgehead atoms. The van der Waals surface area contributed by atoms with Gasteiger partial charge in [0.05, 0.1) is 29.0 Å². The van der Waals surface area contributed by atoms with E-state index in [2.05, 4.69) is 30.9 Å². The van der Waals surface area contributed by atoms with E-state index in [9.17, 15) is 4.79 Å². The molecule has 1 aromatic carbocycles. The van der Waals surface area contributed by atoms with Gasteiger partial charge in [-0.2, -0.15) is 0 Å². The summed E-state index contributed by atoms with van der Waals surface area (Å²) in [5.41, 5.74) is 3.40. The second-order valence-corrected chi connectivity index (χ2v) is 7.20. The second kappa shape index (κ2) is 7.17. The van der Waals surface area contributed by atoms with Crippen molar-refractivity contribution in [1.29, 1.82) is 0 Å². The molecule has 0 atom stereocenters. The number of hydrogen-bond donors (Lipinski definition) is 3. The van der Waals surface area contributed by atoms with Crippen LogP contribution < -0.4 is 10.6 Å². The molecule has 3 aromatic heterocycles. The molecule has 0 aliphatic carbocycles. The highest BCUT2D eigenvalue weighted by Gasteiger charge is 2.23. The first-order valence-electron chi connectivity index (χ1n) is 9.66. The van der Waals surface area contributed by atoms with Crippen LogP contribution in [0.3, 0.4) is 0 Å². The zero-order chi connectivity index (χ0) is 19.8. The van der Waals surface area contributed by atoms with Crippen LogP contribution in [0.15, 0.2) is 41.0 Å². The van der Waals surface area contributed by atoms with Crippen LogP contribution in [0.1, 0.15) is 35.1 Å². The Morgan fingerprint density at radius 3 is 2.93 bits per heavy atom. The molecule has 29 heavy (non-hydrogen) atoms. The lowest BCUT2D eigenvalue weighted by Crippen LogP contribution is -2.30.